The molecule has 1 unspecified atom stereocenters. The minimum absolute atomic E-state index is 0.121. The lowest BCUT2D eigenvalue weighted by Gasteiger charge is -2.29. The van der Waals surface area contributed by atoms with Crippen molar-refractivity contribution in [1.82, 2.24) is 0 Å². The van der Waals surface area contributed by atoms with Gasteiger partial charge in [0.1, 0.15) is 0 Å². The van der Waals surface area contributed by atoms with Crippen LogP contribution in [0.1, 0.15) is 48.3 Å². The van der Waals surface area contributed by atoms with E-state index in [0.717, 1.165) is 18.4 Å². The highest BCUT2D eigenvalue weighted by atomic mass is 32.1. The molecule has 0 aliphatic heterocycles. The SMILES string of the molecule is CCOC(=O)C(C)(Cc1cccs1)c1ccc2c(c1)CCCC2. The van der Waals surface area contributed by atoms with E-state index in [4.69, 9.17) is 4.74 Å². The van der Waals surface area contributed by atoms with Crippen LogP contribution in [-0.4, -0.2) is 12.6 Å². The molecular weight excluding hydrogens is 304 g/mol. The Labute approximate surface area is 142 Å². The van der Waals surface area contributed by atoms with Gasteiger partial charge in [-0.05, 0) is 67.7 Å². The van der Waals surface area contributed by atoms with Crippen molar-refractivity contribution in [1.29, 1.82) is 0 Å². The van der Waals surface area contributed by atoms with Crippen LogP contribution < -0.4 is 0 Å². The highest BCUT2D eigenvalue weighted by Crippen LogP contribution is 2.34. The summed E-state index contributed by atoms with van der Waals surface area (Å²) in [7, 11) is 0. The first-order chi connectivity index (χ1) is 11.1. The van der Waals surface area contributed by atoms with Crippen LogP contribution in [0.4, 0.5) is 0 Å². The summed E-state index contributed by atoms with van der Waals surface area (Å²) in [5, 5.41) is 2.06. The Morgan fingerprint density at radius 3 is 2.70 bits per heavy atom. The van der Waals surface area contributed by atoms with Crippen molar-refractivity contribution in [3.05, 3.63) is 57.3 Å². The molecule has 3 rings (SSSR count). The number of esters is 1. The predicted molar refractivity (Wildman–Crippen MR) is 95.1 cm³/mol. The Bertz CT molecular complexity index is 675. The molecule has 1 aliphatic carbocycles. The van der Waals surface area contributed by atoms with E-state index in [1.165, 1.54) is 28.8 Å². The molecule has 0 fully saturated rings. The van der Waals surface area contributed by atoms with Gasteiger partial charge >= 0.3 is 5.97 Å². The Hall–Kier alpha value is -1.61. The standard InChI is InChI=1S/C20H24O2S/c1-3-22-19(21)20(2,14-18-9-6-12-23-18)17-11-10-15-7-4-5-8-16(15)13-17/h6,9-13H,3-5,7-8,14H2,1-2H3. The molecule has 0 amide bonds. The number of carbonyl (C=O) groups excluding carboxylic acids is 1. The second-order valence-corrected chi connectivity index (χ2v) is 7.53. The molecule has 0 spiro atoms. The normalized spacial score (nSPS) is 16.4. The molecule has 1 aromatic heterocycles. The van der Waals surface area contributed by atoms with Crippen LogP contribution >= 0.6 is 11.3 Å². The van der Waals surface area contributed by atoms with Crippen LogP contribution in [0.3, 0.4) is 0 Å². The quantitative estimate of drug-likeness (QED) is 0.744. The first kappa shape index (κ1) is 16.3. The molecule has 23 heavy (non-hydrogen) atoms. The molecule has 1 atom stereocenters. The van der Waals surface area contributed by atoms with Crippen LogP contribution in [0.5, 0.6) is 0 Å². The first-order valence-corrected chi connectivity index (χ1v) is 9.33. The number of carbonyl (C=O) groups is 1. The summed E-state index contributed by atoms with van der Waals surface area (Å²) >= 11 is 1.70. The van der Waals surface area contributed by atoms with E-state index in [2.05, 4.69) is 29.6 Å². The molecule has 0 saturated carbocycles. The van der Waals surface area contributed by atoms with Gasteiger partial charge < -0.3 is 4.74 Å². The highest BCUT2D eigenvalue weighted by molar-refractivity contribution is 7.09. The number of benzene rings is 1. The number of ether oxygens (including phenoxy) is 1. The van der Waals surface area contributed by atoms with E-state index in [-0.39, 0.29) is 5.97 Å². The molecule has 2 nitrogen and oxygen atoms in total. The predicted octanol–water partition coefficient (Wildman–Crippen LogP) is 4.69. The van der Waals surface area contributed by atoms with Crippen LogP contribution in [0.15, 0.2) is 35.7 Å². The summed E-state index contributed by atoms with van der Waals surface area (Å²) in [6.07, 6.45) is 5.51. The molecule has 1 heterocycles. The van der Waals surface area contributed by atoms with Gasteiger partial charge in [-0.1, -0.05) is 24.3 Å². The van der Waals surface area contributed by atoms with Crippen LogP contribution in [0.25, 0.3) is 0 Å². The van der Waals surface area contributed by atoms with E-state index in [1.807, 2.05) is 19.9 Å². The van der Waals surface area contributed by atoms with Crippen LogP contribution in [-0.2, 0) is 34.2 Å². The number of thiophene rings is 1. The Kier molecular flexibility index (Phi) is 4.86. The van der Waals surface area contributed by atoms with Gasteiger partial charge in [-0.25, -0.2) is 0 Å². The average molecular weight is 328 g/mol. The average Bonchev–Trinajstić information content (AvgIpc) is 3.07. The maximum atomic E-state index is 12.7. The van der Waals surface area contributed by atoms with Gasteiger partial charge in [0.05, 0.1) is 12.0 Å². The maximum absolute atomic E-state index is 12.7. The van der Waals surface area contributed by atoms with Crippen molar-refractivity contribution in [3.8, 4) is 0 Å². The number of fused-ring (bicyclic) bond motifs is 1. The fraction of sp³-hybridized carbons (Fsp3) is 0.450. The summed E-state index contributed by atoms with van der Waals surface area (Å²) in [4.78, 5) is 14.0. The molecule has 0 radical (unpaired) electrons. The number of rotatable bonds is 5. The topological polar surface area (TPSA) is 26.3 Å². The summed E-state index contributed by atoms with van der Waals surface area (Å²) in [6.45, 7) is 4.31. The Balaban J connectivity index is 1.98. The molecule has 0 bridgehead atoms. The molecule has 1 aromatic carbocycles. The summed E-state index contributed by atoms with van der Waals surface area (Å²) in [6, 6.07) is 10.7. The van der Waals surface area contributed by atoms with Crippen molar-refractivity contribution >= 4 is 17.3 Å². The van der Waals surface area contributed by atoms with Crippen LogP contribution in [0, 0.1) is 0 Å². The number of aryl methyl sites for hydroxylation is 2. The third-order valence-electron chi connectivity index (χ3n) is 4.82. The second kappa shape index (κ2) is 6.88. The van der Waals surface area contributed by atoms with Crippen molar-refractivity contribution in [2.75, 3.05) is 6.61 Å². The van der Waals surface area contributed by atoms with E-state index in [0.29, 0.717) is 13.0 Å². The molecule has 122 valence electrons. The number of hydrogen-bond acceptors (Lipinski definition) is 3. The molecule has 0 N–H and O–H groups in total. The molecule has 3 heteroatoms. The Morgan fingerprint density at radius 2 is 2.00 bits per heavy atom. The highest BCUT2D eigenvalue weighted by Gasteiger charge is 2.37. The van der Waals surface area contributed by atoms with Crippen molar-refractivity contribution in [3.63, 3.8) is 0 Å². The van der Waals surface area contributed by atoms with Gasteiger partial charge in [0.15, 0.2) is 0 Å². The van der Waals surface area contributed by atoms with Crippen LogP contribution in [0.2, 0.25) is 0 Å². The monoisotopic (exact) mass is 328 g/mol. The van der Waals surface area contributed by atoms with Gasteiger partial charge in [0.25, 0.3) is 0 Å². The molecule has 1 aliphatic rings. The molecule has 2 aromatic rings. The minimum atomic E-state index is -0.618. The van der Waals surface area contributed by atoms with Gasteiger partial charge in [-0.2, -0.15) is 0 Å². The lowest BCUT2D eigenvalue weighted by atomic mass is 9.76. The molecule has 0 saturated heterocycles. The zero-order valence-electron chi connectivity index (χ0n) is 13.9. The third-order valence-corrected chi connectivity index (χ3v) is 5.70. The van der Waals surface area contributed by atoms with Gasteiger partial charge in [0.2, 0.25) is 0 Å². The van der Waals surface area contributed by atoms with Crippen molar-refractivity contribution in [2.24, 2.45) is 0 Å². The fourth-order valence-electron chi connectivity index (χ4n) is 3.42. The zero-order chi connectivity index (χ0) is 16.3. The maximum Gasteiger partial charge on any atom is 0.316 e. The minimum Gasteiger partial charge on any atom is -0.465 e. The van der Waals surface area contributed by atoms with E-state index < -0.39 is 5.41 Å². The summed E-state index contributed by atoms with van der Waals surface area (Å²) < 4.78 is 5.42. The van der Waals surface area contributed by atoms with Crippen molar-refractivity contribution < 1.29 is 9.53 Å². The lowest BCUT2D eigenvalue weighted by molar-refractivity contribution is -0.149. The van der Waals surface area contributed by atoms with E-state index in [9.17, 15) is 4.79 Å². The van der Waals surface area contributed by atoms with E-state index in [1.54, 1.807) is 11.3 Å². The second-order valence-electron chi connectivity index (χ2n) is 6.50. The summed E-state index contributed by atoms with van der Waals surface area (Å²) in [5.74, 6) is -0.121. The van der Waals surface area contributed by atoms with E-state index >= 15 is 0 Å². The lowest BCUT2D eigenvalue weighted by Crippen LogP contribution is -2.36. The fourth-order valence-corrected chi connectivity index (χ4v) is 4.28. The van der Waals surface area contributed by atoms with Gasteiger partial charge in [-0.15, -0.1) is 11.3 Å². The van der Waals surface area contributed by atoms with Gasteiger partial charge in [0, 0.05) is 11.3 Å². The summed E-state index contributed by atoms with van der Waals surface area (Å²) in [5.41, 5.74) is 3.33. The first-order valence-electron chi connectivity index (χ1n) is 8.45. The van der Waals surface area contributed by atoms with Crippen molar-refractivity contribution in [2.45, 2.75) is 51.4 Å². The largest absolute Gasteiger partial charge is 0.465 e. The zero-order valence-corrected chi connectivity index (χ0v) is 14.7. The third kappa shape index (κ3) is 3.35. The van der Waals surface area contributed by atoms with Gasteiger partial charge in [-0.3, -0.25) is 4.79 Å². The molecular formula is C20H24O2S. The Morgan fingerprint density at radius 1 is 1.22 bits per heavy atom. The smallest absolute Gasteiger partial charge is 0.316 e. The number of hydrogen-bond donors (Lipinski definition) is 0.